The van der Waals surface area contributed by atoms with Gasteiger partial charge in [0, 0.05) is 41.1 Å². The Balaban J connectivity index is 1.66. The van der Waals surface area contributed by atoms with Crippen molar-refractivity contribution >= 4 is 35.1 Å². The van der Waals surface area contributed by atoms with Crippen molar-refractivity contribution in [2.45, 2.75) is 70.6 Å². The smallest absolute Gasteiger partial charge is 0.304 e. The standard InChI is InChI=1S/C30H38Cl2N2O4/c1-19(14-25(20-8-10-22(31)11-9-20)34-12-13-38-29(2,3)18-34)27-24(21-6-5-7-23(32)15-21)16-30(4,17-26(35)36)28(37)33-27/h5-11,15,19,24-25,27H,12-14,16-18H2,1-4H3,(H,33,37)(H,35,36). The van der Waals surface area contributed by atoms with E-state index >= 15 is 0 Å². The first-order chi connectivity index (χ1) is 17.9. The van der Waals surface area contributed by atoms with E-state index in [1.54, 1.807) is 6.92 Å². The Hall–Kier alpha value is -2.12. The molecule has 2 fully saturated rings. The second kappa shape index (κ2) is 11.5. The fraction of sp³-hybridized carbons (Fsp3) is 0.533. The number of nitrogens with one attached hydrogen (secondary N) is 1. The minimum atomic E-state index is -1.00. The SMILES string of the molecule is CC(CC(c1ccc(Cl)cc1)N1CCOC(C)(C)C1)C1NC(=O)C(C)(CC(=O)O)CC1c1cccc(Cl)c1. The lowest BCUT2D eigenvalue weighted by Crippen LogP contribution is -2.56. The lowest BCUT2D eigenvalue weighted by atomic mass is 9.67. The number of amides is 1. The fourth-order valence-corrected chi connectivity index (χ4v) is 6.54. The number of morpholine rings is 1. The molecule has 0 saturated carbocycles. The van der Waals surface area contributed by atoms with Crippen molar-refractivity contribution in [1.29, 1.82) is 0 Å². The van der Waals surface area contributed by atoms with Gasteiger partial charge in [0.2, 0.25) is 5.91 Å². The van der Waals surface area contributed by atoms with E-state index in [0.29, 0.717) is 23.1 Å². The van der Waals surface area contributed by atoms with Gasteiger partial charge in [0.1, 0.15) is 0 Å². The molecule has 2 saturated heterocycles. The van der Waals surface area contributed by atoms with Gasteiger partial charge in [-0.1, -0.05) is 61.3 Å². The van der Waals surface area contributed by atoms with Gasteiger partial charge in [-0.15, -0.1) is 0 Å². The van der Waals surface area contributed by atoms with Gasteiger partial charge >= 0.3 is 5.97 Å². The third kappa shape index (κ3) is 6.71. The predicted molar refractivity (Wildman–Crippen MR) is 151 cm³/mol. The Bertz CT molecular complexity index is 1160. The van der Waals surface area contributed by atoms with Gasteiger partial charge in [-0.2, -0.15) is 0 Å². The predicted octanol–water partition coefficient (Wildman–Crippen LogP) is 6.32. The lowest BCUT2D eigenvalue weighted by Gasteiger charge is -2.47. The number of piperidine rings is 1. The number of carbonyl (C=O) groups excluding carboxylic acids is 1. The van der Waals surface area contributed by atoms with Crippen molar-refractivity contribution in [2.24, 2.45) is 11.3 Å². The number of rotatable bonds is 8. The molecule has 0 spiro atoms. The quantitative estimate of drug-likeness (QED) is 0.394. The summed E-state index contributed by atoms with van der Waals surface area (Å²) in [6.07, 6.45) is 1.03. The third-order valence-corrected chi connectivity index (χ3v) is 8.61. The molecule has 1 amide bonds. The van der Waals surface area contributed by atoms with Crippen LogP contribution in [0.25, 0.3) is 0 Å². The van der Waals surface area contributed by atoms with E-state index in [4.69, 9.17) is 27.9 Å². The summed E-state index contributed by atoms with van der Waals surface area (Å²) >= 11 is 12.6. The zero-order valence-electron chi connectivity index (χ0n) is 22.5. The van der Waals surface area contributed by atoms with Crippen LogP contribution in [0.15, 0.2) is 48.5 Å². The number of ether oxygens (including phenoxy) is 1. The first-order valence-corrected chi connectivity index (χ1v) is 14.0. The maximum absolute atomic E-state index is 13.3. The largest absolute Gasteiger partial charge is 0.481 e. The van der Waals surface area contributed by atoms with Crippen molar-refractivity contribution in [2.75, 3.05) is 19.7 Å². The molecule has 0 aromatic heterocycles. The molecule has 2 aliphatic heterocycles. The van der Waals surface area contributed by atoms with Crippen molar-refractivity contribution in [3.05, 3.63) is 69.7 Å². The number of halogens is 2. The van der Waals surface area contributed by atoms with Gasteiger partial charge in [-0.3, -0.25) is 14.5 Å². The van der Waals surface area contributed by atoms with Crippen LogP contribution >= 0.6 is 23.2 Å². The zero-order valence-corrected chi connectivity index (χ0v) is 24.1. The number of hydrogen-bond donors (Lipinski definition) is 2. The molecule has 5 unspecified atom stereocenters. The average Bonchev–Trinajstić information content (AvgIpc) is 2.83. The van der Waals surface area contributed by atoms with Gasteiger partial charge in [-0.05, 0) is 68.0 Å². The number of aliphatic carboxylic acids is 1. The molecule has 5 atom stereocenters. The molecular weight excluding hydrogens is 523 g/mol. The molecule has 6 nitrogen and oxygen atoms in total. The van der Waals surface area contributed by atoms with Crippen LogP contribution < -0.4 is 5.32 Å². The highest BCUT2D eigenvalue weighted by Gasteiger charge is 2.47. The Morgan fingerprint density at radius 3 is 2.50 bits per heavy atom. The maximum atomic E-state index is 13.3. The van der Waals surface area contributed by atoms with Gasteiger partial charge in [0.25, 0.3) is 0 Å². The van der Waals surface area contributed by atoms with Gasteiger partial charge in [-0.25, -0.2) is 0 Å². The highest BCUT2D eigenvalue weighted by molar-refractivity contribution is 6.30. The first kappa shape index (κ1) is 28.9. The molecule has 0 bridgehead atoms. The van der Waals surface area contributed by atoms with Crippen LogP contribution in [-0.2, 0) is 14.3 Å². The van der Waals surface area contributed by atoms with Crippen LogP contribution in [0.3, 0.4) is 0 Å². The maximum Gasteiger partial charge on any atom is 0.304 e. The molecular formula is C30H38Cl2N2O4. The summed E-state index contributed by atoms with van der Waals surface area (Å²) < 4.78 is 6.00. The second-order valence-electron chi connectivity index (χ2n) is 11.9. The van der Waals surface area contributed by atoms with E-state index in [1.165, 1.54) is 5.56 Å². The summed E-state index contributed by atoms with van der Waals surface area (Å²) in [7, 11) is 0. The molecule has 0 aliphatic carbocycles. The molecule has 2 N–H and O–H groups in total. The molecule has 2 aliphatic rings. The van der Waals surface area contributed by atoms with E-state index < -0.39 is 11.4 Å². The number of carboxylic acids is 1. The highest BCUT2D eigenvalue weighted by Crippen LogP contribution is 2.45. The van der Waals surface area contributed by atoms with Crippen molar-refractivity contribution in [3.63, 3.8) is 0 Å². The number of hydrogen-bond acceptors (Lipinski definition) is 4. The van der Waals surface area contributed by atoms with Crippen molar-refractivity contribution in [1.82, 2.24) is 10.2 Å². The zero-order chi connectivity index (χ0) is 27.7. The summed E-state index contributed by atoms with van der Waals surface area (Å²) in [5.74, 6) is -1.16. The summed E-state index contributed by atoms with van der Waals surface area (Å²) in [6.45, 7) is 10.4. The Labute approximate surface area is 235 Å². The Kier molecular flexibility index (Phi) is 8.78. The normalized spacial score (nSPS) is 27.4. The second-order valence-corrected chi connectivity index (χ2v) is 12.7. The van der Waals surface area contributed by atoms with Gasteiger partial charge in [0.05, 0.1) is 24.0 Å². The molecule has 206 valence electrons. The molecule has 2 aromatic rings. The molecule has 4 rings (SSSR count). The van der Waals surface area contributed by atoms with Crippen LogP contribution in [0.1, 0.15) is 70.0 Å². The van der Waals surface area contributed by atoms with Crippen LogP contribution in [0.4, 0.5) is 0 Å². The van der Waals surface area contributed by atoms with E-state index in [9.17, 15) is 14.7 Å². The van der Waals surface area contributed by atoms with Crippen LogP contribution in [-0.4, -0.2) is 53.2 Å². The summed E-state index contributed by atoms with van der Waals surface area (Å²) in [6, 6.07) is 15.7. The highest BCUT2D eigenvalue weighted by atomic mass is 35.5. The van der Waals surface area contributed by atoms with Crippen LogP contribution in [0, 0.1) is 11.3 Å². The summed E-state index contributed by atoms with van der Waals surface area (Å²) in [4.78, 5) is 27.5. The van der Waals surface area contributed by atoms with E-state index in [-0.39, 0.29) is 41.8 Å². The topological polar surface area (TPSA) is 78.9 Å². The van der Waals surface area contributed by atoms with Crippen LogP contribution in [0.2, 0.25) is 10.0 Å². The van der Waals surface area contributed by atoms with Crippen molar-refractivity contribution < 1.29 is 19.4 Å². The third-order valence-electron chi connectivity index (χ3n) is 8.13. The molecule has 38 heavy (non-hydrogen) atoms. The number of nitrogens with zero attached hydrogens (tertiary/aromatic N) is 1. The number of carbonyl (C=O) groups is 2. The molecule has 2 aromatic carbocycles. The Morgan fingerprint density at radius 1 is 1.16 bits per heavy atom. The van der Waals surface area contributed by atoms with Crippen molar-refractivity contribution in [3.8, 4) is 0 Å². The average molecular weight is 562 g/mol. The number of benzene rings is 2. The minimum absolute atomic E-state index is 0.0715. The molecule has 8 heteroatoms. The van der Waals surface area contributed by atoms with E-state index in [1.807, 2.05) is 36.4 Å². The summed E-state index contributed by atoms with van der Waals surface area (Å²) in [5, 5.41) is 14.1. The van der Waals surface area contributed by atoms with Crippen LogP contribution in [0.5, 0.6) is 0 Å². The van der Waals surface area contributed by atoms with E-state index in [0.717, 1.165) is 25.1 Å². The molecule has 0 radical (unpaired) electrons. The summed E-state index contributed by atoms with van der Waals surface area (Å²) in [5.41, 5.74) is 0.934. The monoisotopic (exact) mass is 560 g/mol. The lowest BCUT2D eigenvalue weighted by molar-refractivity contribution is -0.147. The first-order valence-electron chi connectivity index (χ1n) is 13.3. The van der Waals surface area contributed by atoms with Gasteiger partial charge in [0.15, 0.2) is 0 Å². The number of carboxylic acid groups (broad SMARTS) is 1. The minimum Gasteiger partial charge on any atom is -0.481 e. The van der Waals surface area contributed by atoms with E-state index in [2.05, 4.69) is 43.1 Å². The van der Waals surface area contributed by atoms with Gasteiger partial charge < -0.3 is 15.2 Å². The molecule has 2 heterocycles. The fourth-order valence-electron chi connectivity index (χ4n) is 6.22. The Morgan fingerprint density at radius 2 is 1.87 bits per heavy atom.